The molecule has 2 rings (SSSR count). The molecule has 0 saturated carbocycles. The summed E-state index contributed by atoms with van der Waals surface area (Å²) in [6.07, 6.45) is 1.97. The van der Waals surface area contributed by atoms with Crippen molar-refractivity contribution in [2.45, 2.75) is 38.4 Å². The van der Waals surface area contributed by atoms with Crippen LogP contribution in [0.5, 0.6) is 0 Å². The van der Waals surface area contributed by atoms with Gasteiger partial charge in [0.25, 0.3) is 0 Å². The summed E-state index contributed by atoms with van der Waals surface area (Å²) in [4.78, 5) is 14.5. The van der Waals surface area contributed by atoms with Crippen LogP contribution in [0.3, 0.4) is 0 Å². The maximum atomic E-state index is 12.4. The highest BCUT2D eigenvalue weighted by Crippen LogP contribution is 2.17. The van der Waals surface area contributed by atoms with Crippen molar-refractivity contribution >= 4 is 11.6 Å². The van der Waals surface area contributed by atoms with Crippen LogP contribution in [0.4, 0.5) is 5.69 Å². The molecule has 0 aromatic heterocycles. The minimum absolute atomic E-state index is 0.0122. The molecule has 5 nitrogen and oxygen atoms in total. The summed E-state index contributed by atoms with van der Waals surface area (Å²) in [5.74, 6) is 0.0122. The second kappa shape index (κ2) is 7.54. The standard InChI is InChI=1S/C16H25N3O2/c1-12(19(2)15-6-8-21-9-7-15)16(20)18-14-5-3-4-13(10-14)11-17/h3-5,10,12,15H,6-9,11,17H2,1-2H3,(H,18,20). The Morgan fingerprint density at radius 2 is 2.19 bits per heavy atom. The van der Waals surface area contributed by atoms with Crippen molar-refractivity contribution in [1.82, 2.24) is 4.90 Å². The molecule has 21 heavy (non-hydrogen) atoms. The molecule has 1 aliphatic heterocycles. The second-order valence-electron chi connectivity index (χ2n) is 5.58. The first-order valence-corrected chi connectivity index (χ1v) is 7.51. The first-order valence-electron chi connectivity index (χ1n) is 7.51. The zero-order chi connectivity index (χ0) is 15.2. The Labute approximate surface area is 126 Å². The minimum atomic E-state index is -0.172. The molecule has 5 heteroatoms. The molecule has 1 unspecified atom stereocenters. The highest BCUT2D eigenvalue weighted by molar-refractivity contribution is 5.94. The van der Waals surface area contributed by atoms with Crippen molar-refractivity contribution in [3.8, 4) is 0 Å². The molecule has 116 valence electrons. The maximum Gasteiger partial charge on any atom is 0.241 e. The van der Waals surface area contributed by atoms with E-state index in [-0.39, 0.29) is 11.9 Å². The summed E-state index contributed by atoms with van der Waals surface area (Å²) in [6, 6.07) is 7.90. The Bertz CT molecular complexity index is 472. The van der Waals surface area contributed by atoms with Crippen LogP contribution in [-0.2, 0) is 16.1 Å². The van der Waals surface area contributed by atoms with E-state index in [4.69, 9.17) is 10.5 Å². The molecular formula is C16H25N3O2. The molecule has 0 bridgehead atoms. The number of hydrogen-bond donors (Lipinski definition) is 2. The number of hydrogen-bond acceptors (Lipinski definition) is 4. The van der Waals surface area contributed by atoms with Crippen LogP contribution in [-0.4, -0.2) is 43.2 Å². The van der Waals surface area contributed by atoms with Gasteiger partial charge in [-0.1, -0.05) is 12.1 Å². The molecule has 1 aliphatic rings. The average Bonchev–Trinajstić information content (AvgIpc) is 2.54. The van der Waals surface area contributed by atoms with Crippen LogP contribution in [0.25, 0.3) is 0 Å². The lowest BCUT2D eigenvalue weighted by atomic mass is 10.1. The van der Waals surface area contributed by atoms with Gasteiger partial charge in [-0.25, -0.2) is 0 Å². The Morgan fingerprint density at radius 1 is 1.48 bits per heavy atom. The fourth-order valence-corrected chi connectivity index (χ4v) is 2.62. The van der Waals surface area contributed by atoms with E-state index in [1.54, 1.807) is 0 Å². The number of nitrogens with zero attached hydrogens (tertiary/aromatic N) is 1. The number of carbonyl (C=O) groups is 1. The number of rotatable bonds is 5. The van der Waals surface area contributed by atoms with Gasteiger partial charge >= 0.3 is 0 Å². The van der Waals surface area contributed by atoms with Crippen molar-refractivity contribution in [3.63, 3.8) is 0 Å². The molecule has 1 saturated heterocycles. The number of ether oxygens (including phenoxy) is 1. The van der Waals surface area contributed by atoms with Crippen LogP contribution < -0.4 is 11.1 Å². The number of anilines is 1. The van der Waals surface area contributed by atoms with Crippen molar-refractivity contribution in [1.29, 1.82) is 0 Å². The predicted octanol–water partition coefficient (Wildman–Crippen LogP) is 1.58. The molecule has 1 amide bonds. The predicted molar refractivity (Wildman–Crippen MR) is 84.0 cm³/mol. The molecular weight excluding hydrogens is 266 g/mol. The Hall–Kier alpha value is -1.43. The molecule has 1 fully saturated rings. The van der Waals surface area contributed by atoms with Crippen LogP contribution in [0.1, 0.15) is 25.3 Å². The number of nitrogens with one attached hydrogen (secondary N) is 1. The van der Waals surface area contributed by atoms with E-state index in [9.17, 15) is 4.79 Å². The molecule has 1 aromatic rings. The number of benzene rings is 1. The third-order valence-electron chi connectivity index (χ3n) is 4.19. The monoisotopic (exact) mass is 291 g/mol. The largest absolute Gasteiger partial charge is 0.381 e. The van der Waals surface area contributed by atoms with Crippen LogP contribution >= 0.6 is 0 Å². The Kier molecular flexibility index (Phi) is 5.73. The van der Waals surface area contributed by atoms with Crippen LogP contribution in [0, 0.1) is 0 Å². The van der Waals surface area contributed by atoms with Crippen molar-refractivity contribution in [2.75, 3.05) is 25.6 Å². The topological polar surface area (TPSA) is 67.6 Å². The first-order chi connectivity index (χ1) is 10.1. The number of likely N-dealkylation sites (N-methyl/N-ethyl adjacent to an activating group) is 1. The Morgan fingerprint density at radius 3 is 2.86 bits per heavy atom. The fourth-order valence-electron chi connectivity index (χ4n) is 2.62. The summed E-state index contributed by atoms with van der Waals surface area (Å²) >= 11 is 0. The number of nitrogens with two attached hydrogens (primary N) is 1. The summed E-state index contributed by atoms with van der Waals surface area (Å²) in [5.41, 5.74) is 7.44. The third-order valence-corrected chi connectivity index (χ3v) is 4.19. The second-order valence-corrected chi connectivity index (χ2v) is 5.58. The highest BCUT2D eigenvalue weighted by atomic mass is 16.5. The molecule has 1 aromatic carbocycles. The van der Waals surface area contributed by atoms with Crippen LogP contribution in [0.15, 0.2) is 24.3 Å². The Balaban J connectivity index is 1.94. The van der Waals surface area contributed by atoms with Gasteiger partial charge in [0.15, 0.2) is 0 Å². The fraction of sp³-hybridized carbons (Fsp3) is 0.562. The summed E-state index contributed by atoms with van der Waals surface area (Å²) < 4.78 is 5.37. The lowest BCUT2D eigenvalue weighted by Crippen LogP contribution is -2.47. The SMILES string of the molecule is CC(C(=O)Nc1cccc(CN)c1)N(C)C1CCOCC1. The smallest absolute Gasteiger partial charge is 0.241 e. The average molecular weight is 291 g/mol. The summed E-state index contributed by atoms with van der Waals surface area (Å²) in [5, 5.41) is 2.97. The molecule has 3 N–H and O–H groups in total. The number of amides is 1. The molecule has 0 aliphatic carbocycles. The lowest BCUT2D eigenvalue weighted by Gasteiger charge is -2.34. The zero-order valence-corrected chi connectivity index (χ0v) is 12.8. The van der Waals surface area contributed by atoms with Gasteiger partial charge in [0, 0.05) is 31.5 Å². The third kappa shape index (κ3) is 4.27. The summed E-state index contributed by atoms with van der Waals surface area (Å²) in [7, 11) is 2.01. The van der Waals surface area contributed by atoms with E-state index in [1.807, 2.05) is 38.2 Å². The van der Waals surface area contributed by atoms with E-state index < -0.39 is 0 Å². The van der Waals surface area contributed by atoms with E-state index in [1.165, 1.54) is 0 Å². The van der Waals surface area contributed by atoms with Gasteiger partial charge in [-0.05, 0) is 44.5 Å². The molecule has 0 spiro atoms. The maximum absolute atomic E-state index is 12.4. The van der Waals surface area contributed by atoms with Gasteiger partial charge in [0.2, 0.25) is 5.91 Å². The molecule has 1 atom stereocenters. The highest BCUT2D eigenvalue weighted by Gasteiger charge is 2.26. The minimum Gasteiger partial charge on any atom is -0.381 e. The van der Waals surface area contributed by atoms with Gasteiger partial charge in [0.1, 0.15) is 0 Å². The quantitative estimate of drug-likeness (QED) is 0.864. The number of carbonyl (C=O) groups excluding carboxylic acids is 1. The van der Waals surface area contributed by atoms with E-state index in [0.29, 0.717) is 12.6 Å². The van der Waals surface area contributed by atoms with Crippen molar-refractivity contribution < 1.29 is 9.53 Å². The van der Waals surface area contributed by atoms with Gasteiger partial charge in [0.05, 0.1) is 6.04 Å². The first kappa shape index (κ1) is 15.9. The van der Waals surface area contributed by atoms with E-state index >= 15 is 0 Å². The van der Waals surface area contributed by atoms with Gasteiger partial charge in [-0.2, -0.15) is 0 Å². The lowest BCUT2D eigenvalue weighted by molar-refractivity contribution is -0.121. The van der Waals surface area contributed by atoms with E-state index in [2.05, 4.69) is 10.2 Å². The van der Waals surface area contributed by atoms with Gasteiger partial charge < -0.3 is 15.8 Å². The van der Waals surface area contributed by atoms with Crippen LogP contribution in [0.2, 0.25) is 0 Å². The van der Waals surface area contributed by atoms with Gasteiger partial charge in [-0.3, -0.25) is 9.69 Å². The molecule has 1 heterocycles. The van der Waals surface area contributed by atoms with E-state index in [0.717, 1.165) is 37.3 Å². The van der Waals surface area contributed by atoms with Crippen molar-refractivity contribution in [2.24, 2.45) is 5.73 Å². The summed E-state index contributed by atoms with van der Waals surface area (Å²) in [6.45, 7) is 3.97. The van der Waals surface area contributed by atoms with Gasteiger partial charge in [-0.15, -0.1) is 0 Å². The normalized spacial score (nSPS) is 17.7. The zero-order valence-electron chi connectivity index (χ0n) is 12.8. The molecule has 0 radical (unpaired) electrons. The van der Waals surface area contributed by atoms with Crippen molar-refractivity contribution in [3.05, 3.63) is 29.8 Å².